The summed E-state index contributed by atoms with van der Waals surface area (Å²) in [5, 5.41) is 4.92. The summed E-state index contributed by atoms with van der Waals surface area (Å²) in [6.07, 6.45) is 0.315. The van der Waals surface area contributed by atoms with Crippen LogP contribution in [0.5, 0.6) is 5.75 Å². The number of carbonyl (C=O) groups is 1. The number of nitrogens with one attached hydrogen (secondary N) is 1. The summed E-state index contributed by atoms with van der Waals surface area (Å²) in [6.45, 7) is 0. The van der Waals surface area contributed by atoms with Gasteiger partial charge in [0.2, 0.25) is 5.91 Å². The van der Waals surface area contributed by atoms with Crippen molar-refractivity contribution in [3.05, 3.63) is 82.0 Å². The molecule has 1 amide bonds. The van der Waals surface area contributed by atoms with Gasteiger partial charge in [-0.15, -0.1) is 11.3 Å². The second kappa shape index (κ2) is 8.18. The maximum atomic E-state index is 12.2. The highest BCUT2D eigenvalue weighted by Gasteiger charge is 2.05. The largest absolute Gasteiger partial charge is 0.497 e. The van der Waals surface area contributed by atoms with Gasteiger partial charge in [-0.25, -0.2) is 0 Å². The third kappa shape index (κ3) is 4.97. The van der Waals surface area contributed by atoms with Gasteiger partial charge in [0.05, 0.1) is 18.4 Å². The van der Waals surface area contributed by atoms with Gasteiger partial charge in [-0.3, -0.25) is 4.79 Å². The number of anilines is 1. The van der Waals surface area contributed by atoms with E-state index in [4.69, 9.17) is 4.74 Å². The molecular formula is C21H17NO2S. The molecule has 2 aromatic carbocycles. The number of amides is 1. The van der Waals surface area contributed by atoms with E-state index < -0.39 is 0 Å². The first-order chi connectivity index (χ1) is 12.2. The Morgan fingerprint density at radius 2 is 1.92 bits per heavy atom. The lowest BCUT2D eigenvalue weighted by Crippen LogP contribution is -2.14. The monoisotopic (exact) mass is 347 g/mol. The highest BCUT2D eigenvalue weighted by Crippen LogP contribution is 2.14. The zero-order chi connectivity index (χ0) is 17.5. The average Bonchev–Trinajstić information content (AvgIpc) is 3.14. The number of hydrogen-bond acceptors (Lipinski definition) is 3. The fraction of sp³-hybridized carbons (Fsp3) is 0.0952. The Morgan fingerprint density at radius 1 is 1.08 bits per heavy atom. The van der Waals surface area contributed by atoms with Gasteiger partial charge in [-0.1, -0.05) is 36.1 Å². The smallest absolute Gasteiger partial charge is 0.228 e. The van der Waals surface area contributed by atoms with Crippen LogP contribution in [0.1, 0.15) is 16.0 Å². The Labute approximate surface area is 151 Å². The van der Waals surface area contributed by atoms with Crippen LogP contribution in [-0.2, 0) is 11.2 Å². The second-order valence-electron chi connectivity index (χ2n) is 5.38. The minimum Gasteiger partial charge on any atom is -0.497 e. The second-order valence-corrected chi connectivity index (χ2v) is 6.33. The topological polar surface area (TPSA) is 38.3 Å². The molecule has 0 aliphatic heterocycles. The minimum absolute atomic E-state index is 0.0615. The van der Waals surface area contributed by atoms with E-state index in [-0.39, 0.29) is 5.91 Å². The minimum atomic E-state index is -0.0615. The highest BCUT2D eigenvalue weighted by molar-refractivity contribution is 7.10. The standard InChI is InChI=1S/C21H17NO2S/c1-24-19-10-7-17(8-11-19)15-21(23)22-18-5-2-4-16(14-18)9-12-20-6-3-13-25-20/h2-8,10-11,13-14H,15H2,1H3,(H,22,23). The SMILES string of the molecule is COc1ccc(CC(=O)Nc2cccc(C#Cc3cccs3)c2)cc1. The summed E-state index contributed by atoms with van der Waals surface area (Å²) in [7, 11) is 1.62. The summed E-state index contributed by atoms with van der Waals surface area (Å²) in [6, 6.07) is 19.0. The molecule has 0 bridgehead atoms. The third-order valence-corrected chi connectivity index (χ3v) is 4.31. The summed E-state index contributed by atoms with van der Waals surface area (Å²) >= 11 is 1.61. The van der Waals surface area contributed by atoms with Crippen LogP contribution in [0, 0.1) is 11.8 Å². The molecular weight excluding hydrogens is 330 g/mol. The zero-order valence-corrected chi connectivity index (χ0v) is 14.6. The first kappa shape index (κ1) is 16.8. The number of carbonyl (C=O) groups excluding carboxylic acids is 1. The highest BCUT2D eigenvalue weighted by atomic mass is 32.1. The van der Waals surface area contributed by atoms with E-state index >= 15 is 0 Å². The van der Waals surface area contributed by atoms with Crippen LogP contribution in [0.25, 0.3) is 0 Å². The average molecular weight is 347 g/mol. The summed E-state index contributed by atoms with van der Waals surface area (Å²) in [4.78, 5) is 13.2. The molecule has 25 heavy (non-hydrogen) atoms. The molecule has 3 rings (SSSR count). The number of benzene rings is 2. The summed E-state index contributed by atoms with van der Waals surface area (Å²) in [5.41, 5.74) is 2.55. The molecule has 0 atom stereocenters. The van der Waals surface area contributed by atoms with Crippen molar-refractivity contribution in [2.24, 2.45) is 0 Å². The number of thiophene rings is 1. The number of rotatable bonds is 4. The van der Waals surface area contributed by atoms with Gasteiger partial charge in [0.1, 0.15) is 5.75 Å². The number of ether oxygens (including phenoxy) is 1. The van der Waals surface area contributed by atoms with Crippen LogP contribution in [-0.4, -0.2) is 13.0 Å². The maximum absolute atomic E-state index is 12.2. The van der Waals surface area contributed by atoms with Crippen LogP contribution in [0.4, 0.5) is 5.69 Å². The van der Waals surface area contributed by atoms with Crippen LogP contribution in [0.2, 0.25) is 0 Å². The van der Waals surface area contributed by atoms with Gasteiger partial charge >= 0.3 is 0 Å². The Kier molecular flexibility index (Phi) is 5.50. The van der Waals surface area contributed by atoms with E-state index in [9.17, 15) is 4.79 Å². The van der Waals surface area contributed by atoms with Gasteiger partial charge in [0.25, 0.3) is 0 Å². The predicted molar refractivity (Wildman–Crippen MR) is 102 cm³/mol. The maximum Gasteiger partial charge on any atom is 0.228 e. The lowest BCUT2D eigenvalue weighted by Gasteiger charge is -2.06. The first-order valence-corrected chi connectivity index (χ1v) is 8.69. The normalized spacial score (nSPS) is 9.80. The molecule has 0 aliphatic carbocycles. The molecule has 1 N–H and O–H groups in total. The fourth-order valence-electron chi connectivity index (χ4n) is 2.29. The van der Waals surface area contributed by atoms with Crippen molar-refractivity contribution in [2.45, 2.75) is 6.42 Å². The van der Waals surface area contributed by atoms with Crippen molar-refractivity contribution in [1.29, 1.82) is 0 Å². The van der Waals surface area contributed by atoms with Crippen LogP contribution >= 0.6 is 11.3 Å². The number of methoxy groups -OCH3 is 1. The molecule has 0 spiro atoms. The van der Waals surface area contributed by atoms with Gasteiger partial charge in [-0.05, 0) is 47.3 Å². The van der Waals surface area contributed by atoms with E-state index in [2.05, 4.69) is 17.2 Å². The molecule has 4 heteroatoms. The molecule has 0 aliphatic rings. The van der Waals surface area contributed by atoms with E-state index in [0.29, 0.717) is 6.42 Å². The van der Waals surface area contributed by atoms with Crippen molar-refractivity contribution in [3.8, 4) is 17.6 Å². The van der Waals surface area contributed by atoms with E-state index in [1.165, 1.54) is 0 Å². The van der Waals surface area contributed by atoms with Crippen molar-refractivity contribution >= 4 is 22.9 Å². The van der Waals surface area contributed by atoms with Gasteiger partial charge in [-0.2, -0.15) is 0 Å². The lowest BCUT2D eigenvalue weighted by molar-refractivity contribution is -0.115. The molecule has 0 saturated carbocycles. The van der Waals surface area contributed by atoms with Crippen LogP contribution in [0.15, 0.2) is 66.0 Å². The Bertz CT molecular complexity index is 903. The molecule has 0 unspecified atom stereocenters. The van der Waals surface area contributed by atoms with Crippen molar-refractivity contribution in [1.82, 2.24) is 0 Å². The van der Waals surface area contributed by atoms with Crippen molar-refractivity contribution < 1.29 is 9.53 Å². The van der Waals surface area contributed by atoms with Crippen LogP contribution in [0.3, 0.4) is 0 Å². The molecule has 3 aromatic rings. The van der Waals surface area contributed by atoms with Gasteiger partial charge in [0, 0.05) is 11.3 Å². The Balaban J connectivity index is 1.63. The van der Waals surface area contributed by atoms with Gasteiger partial charge in [0.15, 0.2) is 0 Å². The molecule has 1 aromatic heterocycles. The summed E-state index contributed by atoms with van der Waals surface area (Å²) < 4.78 is 5.12. The molecule has 1 heterocycles. The Morgan fingerprint density at radius 3 is 2.64 bits per heavy atom. The first-order valence-electron chi connectivity index (χ1n) is 7.81. The molecule has 0 saturated heterocycles. The van der Waals surface area contributed by atoms with Gasteiger partial charge < -0.3 is 10.1 Å². The fourth-order valence-corrected chi connectivity index (χ4v) is 2.86. The quantitative estimate of drug-likeness (QED) is 0.713. The zero-order valence-electron chi connectivity index (χ0n) is 13.8. The molecule has 0 radical (unpaired) electrons. The third-order valence-electron chi connectivity index (χ3n) is 3.52. The van der Waals surface area contributed by atoms with E-state index in [1.807, 2.05) is 66.0 Å². The van der Waals surface area contributed by atoms with E-state index in [1.54, 1.807) is 18.4 Å². The Hall–Kier alpha value is -3.03. The molecule has 0 fully saturated rings. The predicted octanol–water partition coefficient (Wildman–Crippen LogP) is 4.34. The van der Waals surface area contributed by atoms with Crippen molar-refractivity contribution in [3.63, 3.8) is 0 Å². The van der Waals surface area contributed by atoms with Crippen molar-refractivity contribution in [2.75, 3.05) is 12.4 Å². The molecule has 3 nitrogen and oxygen atoms in total. The summed E-state index contributed by atoms with van der Waals surface area (Å²) in [5.74, 6) is 6.95. The van der Waals surface area contributed by atoms with E-state index in [0.717, 1.165) is 27.4 Å². The molecule has 124 valence electrons. The van der Waals surface area contributed by atoms with Crippen LogP contribution < -0.4 is 10.1 Å². The number of hydrogen-bond donors (Lipinski definition) is 1. The lowest BCUT2D eigenvalue weighted by atomic mass is 10.1.